The number of H-pyrrole nitrogens is 1. The number of aromatic amines is 1. The summed E-state index contributed by atoms with van der Waals surface area (Å²) in [6.45, 7) is 0. The molecule has 0 unspecified atom stereocenters. The van der Waals surface area contributed by atoms with Crippen molar-refractivity contribution in [3.8, 4) is 5.69 Å². The normalized spacial score (nSPS) is 11.5. The van der Waals surface area contributed by atoms with Crippen LogP contribution in [0, 0.1) is 0 Å². The molecule has 0 amide bonds. The second-order valence-corrected chi connectivity index (χ2v) is 6.22. The summed E-state index contributed by atoms with van der Waals surface area (Å²) in [5.74, 6) is 0. The van der Waals surface area contributed by atoms with Crippen LogP contribution in [0.1, 0.15) is 0 Å². The first kappa shape index (κ1) is 13.7. The van der Waals surface area contributed by atoms with Crippen LogP contribution < -0.4 is 4.72 Å². The van der Waals surface area contributed by atoms with Gasteiger partial charge < -0.3 is 4.98 Å². The van der Waals surface area contributed by atoms with Crippen molar-refractivity contribution >= 4 is 27.3 Å². The number of rotatable bonds is 4. The number of anilines is 1. The maximum Gasteiger partial charge on any atom is 0.279 e. The molecule has 9 heteroatoms. The minimum Gasteiger partial charge on any atom is -0.334 e. The van der Waals surface area contributed by atoms with E-state index in [1.54, 1.807) is 35.3 Å². The molecule has 3 rings (SSSR count). The van der Waals surface area contributed by atoms with Crippen molar-refractivity contribution < 1.29 is 8.42 Å². The zero-order valence-electron chi connectivity index (χ0n) is 10.6. The summed E-state index contributed by atoms with van der Waals surface area (Å²) in [4.78, 5) is 6.25. The predicted molar refractivity (Wildman–Crippen MR) is 78.0 cm³/mol. The van der Waals surface area contributed by atoms with E-state index in [-0.39, 0.29) is 5.03 Å². The fourth-order valence-electron chi connectivity index (χ4n) is 1.79. The van der Waals surface area contributed by atoms with E-state index in [4.69, 9.17) is 11.6 Å². The molecule has 0 fully saturated rings. The molecule has 0 bridgehead atoms. The Morgan fingerprint density at radius 2 is 2.19 bits per heavy atom. The number of aromatic nitrogens is 4. The van der Waals surface area contributed by atoms with Crippen molar-refractivity contribution in [1.29, 1.82) is 0 Å². The molecule has 1 aromatic carbocycles. The summed E-state index contributed by atoms with van der Waals surface area (Å²) in [7, 11) is -3.77. The van der Waals surface area contributed by atoms with E-state index in [1.165, 1.54) is 18.6 Å². The number of hydrogen-bond donors (Lipinski definition) is 2. The van der Waals surface area contributed by atoms with Gasteiger partial charge in [-0.25, -0.2) is 9.67 Å². The standard InChI is InChI=1S/C12H10ClN5O2S/c13-9-2-3-11(18-5-1-4-16-18)10(6-9)17-21(19,20)12-7-14-8-15-12/h1-8,17H,(H,14,15). The molecule has 0 saturated heterocycles. The smallest absolute Gasteiger partial charge is 0.279 e. The second kappa shape index (κ2) is 5.23. The van der Waals surface area contributed by atoms with Gasteiger partial charge >= 0.3 is 0 Å². The number of nitrogens with one attached hydrogen (secondary N) is 2. The number of nitrogens with zero attached hydrogens (tertiary/aromatic N) is 3. The summed E-state index contributed by atoms with van der Waals surface area (Å²) in [6, 6.07) is 6.60. The molecular weight excluding hydrogens is 314 g/mol. The van der Waals surface area contributed by atoms with Gasteiger partial charge in [-0.3, -0.25) is 4.72 Å². The first-order valence-corrected chi connectivity index (χ1v) is 7.73. The summed E-state index contributed by atoms with van der Waals surface area (Å²) in [6.07, 6.45) is 5.82. The molecule has 0 aliphatic carbocycles. The number of halogens is 1. The van der Waals surface area contributed by atoms with Crippen molar-refractivity contribution in [2.75, 3.05) is 4.72 Å². The van der Waals surface area contributed by atoms with Crippen molar-refractivity contribution in [3.05, 3.63) is 54.2 Å². The highest BCUT2D eigenvalue weighted by atomic mass is 35.5. The van der Waals surface area contributed by atoms with E-state index in [9.17, 15) is 8.42 Å². The fourth-order valence-corrected chi connectivity index (χ4v) is 2.93. The van der Waals surface area contributed by atoms with Crippen LogP contribution in [-0.2, 0) is 10.0 Å². The van der Waals surface area contributed by atoms with Crippen molar-refractivity contribution in [1.82, 2.24) is 19.7 Å². The number of sulfonamides is 1. The van der Waals surface area contributed by atoms with Gasteiger partial charge in [-0.15, -0.1) is 0 Å². The molecule has 0 aliphatic rings. The number of imidazole rings is 1. The van der Waals surface area contributed by atoms with E-state index >= 15 is 0 Å². The van der Waals surface area contributed by atoms with Crippen LogP contribution in [0.25, 0.3) is 5.69 Å². The molecule has 2 aromatic heterocycles. The Kier molecular flexibility index (Phi) is 3.40. The number of benzene rings is 1. The van der Waals surface area contributed by atoms with Crippen LogP contribution in [0.2, 0.25) is 5.02 Å². The van der Waals surface area contributed by atoms with Gasteiger partial charge in [-0.2, -0.15) is 13.5 Å². The molecule has 7 nitrogen and oxygen atoms in total. The maximum absolute atomic E-state index is 12.2. The Morgan fingerprint density at radius 3 is 2.86 bits per heavy atom. The van der Waals surface area contributed by atoms with Gasteiger partial charge in [0, 0.05) is 17.4 Å². The second-order valence-electron chi connectivity index (χ2n) is 4.13. The average Bonchev–Trinajstić information content (AvgIpc) is 3.12. The molecule has 0 atom stereocenters. The maximum atomic E-state index is 12.2. The minimum absolute atomic E-state index is 0.0334. The first-order valence-electron chi connectivity index (χ1n) is 5.87. The average molecular weight is 324 g/mol. The molecule has 3 aromatic rings. The number of hydrogen-bond acceptors (Lipinski definition) is 4. The molecule has 0 spiro atoms. The van der Waals surface area contributed by atoms with Gasteiger partial charge in [0.05, 0.1) is 23.9 Å². The van der Waals surface area contributed by atoms with E-state index < -0.39 is 10.0 Å². The SMILES string of the molecule is O=S(=O)(Nc1cc(Cl)ccc1-n1cccn1)c1cnc[nH]1. The lowest BCUT2D eigenvalue weighted by Crippen LogP contribution is -2.15. The molecule has 2 heterocycles. The van der Waals surface area contributed by atoms with E-state index in [2.05, 4.69) is 19.8 Å². The van der Waals surface area contributed by atoms with Crippen LogP contribution in [0.3, 0.4) is 0 Å². The van der Waals surface area contributed by atoms with Gasteiger partial charge in [0.2, 0.25) is 0 Å². The predicted octanol–water partition coefficient (Wildman–Crippen LogP) is 2.05. The fraction of sp³-hybridized carbons (Fsp3) is 0. The highest BCUT2D eigenvalue weighted by Crippen LogP contribution is 2.26. The lowest BCUT2D eigenvalue weighted by Gasteiger charge is -2.12. The third-order valence-corrected chi connectivity index (χ3v) is 4.24. The summed E-state index contributed by atoms with van der Waals surface area (Å²) in [5.41, 5.74) is 0.883. The third-order valence-electron chi connectivity index (χ3n) is 2.72. The lowest BCUT2D eigenvalue weighted by molar-refractivity contribution is 0.598. The molecular formula is C12H10ClN5O2S. The Labute approximate surface area is 125 Å². The van der Waals surface area contributed by atoms with Gasteiger partial charge in [0.25, 0.3) is 10.0 Å². The summed E-state index contributed by atoms with van der Waals surface area (Å²) < 4.78 is 28.5. The van der Waals surface area contributed by atoms with Gasteiger partial charge in [0.1, 0.15) is 0 Å². The Balaban J connectivity index is 2.05. The zero-order valence-corrected chi connectivity index (χ0v) is 12.1. The molecule has 0 saturated carbocycles. The van der Waals surface area contributed by atoms with Crippen LogP contribution >= 0.6 is 11.6 Å². The van der Waals surface area contributed by atoms with Gasteiger partial charge in [-0.05, 0) is 24.3 Å². The first-order chi connectivity index (χ1) is 10.1. The highest BCUT2D eigenvalue weighted by Gasteiger charge is 2.18. The quantitative estimate of drug-likeness (QED) is 0.768. The van der Waals surface area contributed by atoms with Crippen LogP contribution in [0.15, 0.2) is 54.2 Å². The molecule has 108 valence electrons. The van der Waals surface area contributed by atoms with Crippen molar-refractivity contribution in [2.24, 2.45) is 0 Å². The lowest BCUT2D eigenvalue weighted by atomic mass is 10.3. The minimum atomic E-state index is -3.77. The summed E-state index contributed by atoms with van der Waals surface area (Å²) >= 11 is 5.95. The van der Waals surface area contributed by atoms with Crippen LogP contribution in [0.4, 0.5) is 5.69 Å². The Hall–Kier alpha value is -2.32. The van der Waals surface area contributed by atoms with E-state index in [0.717, 1.165) is 0 Å². The van der Waals surface area contributed by atoms with Crippen LogP contribution in [-0.4, -0.2) is 28.2 Å². The Morgan fingerprint density at radius 1 is 1.33 bits per heavy atom. The molecule has 0 aliphatic heterocycles. The third kappa shape index (κ3) is 2.76. The largest absolute Gasteiger partial charge is 0.334 e. The van der Waals surface area contributed by atoms with Crippen LogP contribution in [0.5, 0.6) is 0 Å². The highest BCUT2D eigenvalue weighted by molar-refractivity contribution is 7.92. The zero-order chi connectivity index (χ0) is 14.9. The van der Waals surface area contributed by atoms with Crippen molar-refractivity contribution in [3.63, 3.8) is 0 Å². The molecule has 0 radical (unpaired) electrons. The van der Waals surface area contributed by atoms with E-state index in [0.29, 0.717) is 16.4 Å². The Bertz CT molecular complexity index is 844. The van der Waals surface area contributed by atoms with E-state index in [1.807, 2.05) is 0 Å². The van der Waals surface area contributed by atoms with Crippen molar-refractivity contribution in [2.45, 2.75) is 5.03 Å². The van der Waals surface area contributed by atoms with Gasteiger partial charge in [-0.1, -0.05) is 11.6 Å². The molecule has 21 heavy (non-hydrogen) atoms. The summed E-state index contributed by atoms with van der Waals surface area (Å²) in [5, 5.41) is 4.47. The monoisotopic (exact) mass is 323 g/mol. The molecule has 2 N–H and O–H groups in total. The topological polar surface area (TPSA) is 92.7 Å². The van der Waals surface area contributed by atoms with Gasteiger partial charge in [0.15, 0.2) is 5.03 Å².